The highest BCUT2D eigenvalue weighted by atomic mass is 16.6. The number of hydrogen-bond donors (Lipinski definition) is 2. The molecule has 2 heterocycles. The number of benzene rings is 1. The summed E-state index contributed by atoms with van der Waals surface area (Å²) < 4.78 is 10.9. The van der Waals surface area contributed by atoms with E-state index in [1.54, 1.807) is 25.1 Å². The van der Waals surface area contributed by atoms with Crippen molar-refractivity contribution in [3.63, 3.8) is 0 Å². The van der Waals surface area contributed by atoms with Crippen LogP contribution >= 0.6 is 0 Å². The molecule has 0 atom stereocenters. The van der Waals surface area contributed by atoms with Crippen LogP contribution < -0.4 is 14.8 Å². The molecule has 10 nitrogen and oxygen atoms in total. The van der Waals surface area contributed by atoms with Crippen LogP contribution in [-0.2, 0) is 4.79 Å². The number of carboxylic acid groups (broad SMARTS) is 1. The Morgan fingerprint density at radius 1 is 1.11 bits per heavy atom. The second-order valence-corrected chi connectivity index (χ2v) is 5.82. The maximum atomic E-state index is 12.5. The third-order valence-corrected chi connectivity index (χ3v) is 3.92. The molecule has 0 saturated carbocycles. The molecule has 0 fully saturated rings. The van der Waals surface area contributed by atoms with Gasteiger partial charge in [0.1, 0.15) is 25.5 Å². The van der Waals surface area contributed by atoms with E-state index in [-0.39, 0.29) is 24.5 Å². The van der Waals surface area contributed by atoms with Crippen molar-refractivity contribution in [2.45, 2.75) is 6.92 Å². The van der Waals surface area contributed by atoms with E-state index in [0.29, 0.717) is 30.4 Å². The molecule has 2 amide bonds. The number of aromatic carboxylic acids is 1. The summed E-state index contributed by atoms with van der Waals surface area (Å²) in [7, 11) is 0. The van der Waals surface area contributed by atoms with Crippen LogP contribution in [0.15, 0.2) is 30.6 Å². The van der Waals surface area contributed by atoms with Gasteiger partial charge in [-0.2, -0.15) is 0 Å². The predicted molar refractivity (Wildman–Crippen MR) is 96.6 cm³/mol. The van der Waals surface area contributed by atoms with Gasteiger partial charge >= 0.3 is 5.97 Å². The van der Waals surface area contributed by atoms with Crippen LogP contribution in [0, 0.1) is 0 Å². The van der Waals surface area contributed by atoms with Gasteiger partial charge in [0, 0.05) is 18.3 Å². The number of likely N-dealkylation sites (N-methyl/N-ethyl adjacent to an activating group) is 1. The number of fused-ring (bicyclic) bond motifs is 1. The molecule has 0 radical (unpaired) electrons. The summed E-state index contributed by atoms with van der Waals surface area (Å²) in [6.45, 7) is 2.68. The fourth-order valence-corrected chi connectivity index (χ4v) is 2.53. The van der Waals surface area contributed by atoms with Gasteiger partial charge in [-0.05, 0) is 19.1 Å². The molecule has 1 aromatic carbocycles. The second kappa shape index (κ2) is 8.33. The molecule has 0 saturated heterocycles. The minimum atomic E-state index is -1.24. The van der Waals surface area contributed by atoms with Crippen LogP contribution in [0.2, 0.25) is 0 Å². The van der Waals surface area contributed by atoms with E-state index in [1.807, 2.05) is 0 Å². The number of nitrogens with one attached hydrogen (secondary N) is 1. The molecule has 1 aliphatic heterocycles. The van der Waals surface area contributed by atoms with Crippen molar-refractivity contribution in [2.24, 2.45) is 0 Å². The molecule has 2 aromatic rings. The maximum Gasteiger partial charge on any atom is 0.356 e. The summed E-state index contributed by atoms with van der Waals surface area (Å²) in [5.41, 5.74) is 0.207. The normalized spacial score (nSPS) is 12.2. The standard InChI is InChI=1S/C18H18N4O6/c1-2-22(17(24)12-8-20-13(9-19-12)18(25)26)10-16(23)21-11-3-4-14-15(7-11)28-6-5-27-14/h3-4,7-9H,2,5-6,10H2,1H3,(H,21,23)(H,25,26). The van der Waals surface area contributed by atoms with Crippen LogP contribution in [0.25, 0.3) is 0 Å². The highest BCUT2D eigenvalue weighted by molar-refractivity contribution is 5.98. The molecule has 10 heteroatoms. The van der Waals surface area contributed by atoms with E-state index < -0.39 is 17.8 Å². The Bertz CT molecular complexity index is 899. The Balaban J connectivity index is 1.64. The smallest absolute Gasteiger partial charge is 0.356 e. The lowest BCUT2D eigenvalue weighted by Crippen LogP contribution is -2.38. The maximum absolute atomic E-state index is 12.5. The third kappa shape index (κ3) is 4.34. The Kier molecular flexibility index (Phi) is 5.68. The minimum absolute atomic E-state index is 0.0426. The average Bonchev–Trinajstić information content (AvgIpc) is 2.71. The third-order valence-electron chi connectivity index (χ3n) is 3.92. The van der Waals surface area contributed by atoms with Crippen LogP contribution in [0.4, 0.5) is 5.69 Å². The molecule has 0 spiro atoms. The number of carbonyl (C=O) groups is 3. The van der Waals surface area contributed by atoms with E-state index in [0.717, 1.165) is 12.4 Å². The van der Waals surface area contributed by atoms with Crippen molar-refractivity contribution in [2.75, 3.05) is 31.6 Å². The number of anilines is 1. The zero-order valence-electron chi connectivity index (χ0n) is 15.0. The molecule has 2 N–H and O–H groups in total. The lowest BCUT2D eigenvalue weighted by molar-refractivity contribution is -0.116. The van der Waals surface area contributed by atoms with Crippen molar-refractivity contribution in [3.8, 4) is 11.5 Å². The molecule has 0 aliphatic carbocycles. The molecule has 1 aliphatic rings. The quantitative estimate of drug-likeness (QED) is 0.753. The average molecular weight is 386 g/mol. The number of ether oxygens (including phenoxy) is 2. The first-order valence-corrected chi connectivity index (χ1v) is 8.52. The predicted octanol–water partition coefficient (Wildman–Crippen LogP) is 1.05. The van der Waals surface area contributed by atoms with Crippen molar-refractivity contribution in [3.05, 3.63) is 42.0 Å². The number of rotatable bonds is 6. The Labute approximate surface area is 160 Å². The highest BCUT2D eigenvalue weighted by Crippen LogP contribution is 2.32. The first-order valence-electron chi connectivity index (χ1n) is 8.52. The monoisotopic (exact) mass is 386 g/mol. The van der Waals surface area contributed by atoms with E-state index in [9.17, 15) is 14.4 Å². The van der Waals surface area contributed by atoms with Crippen LogP contribution in [0.1, 0.15) is 27.9 Å². The van der Waals surface area contributed by atoms with E-state index in [1.165, 1.54) is 4.90 Å². The molecule has 146 valence electrons. The fourth-order valence-electron chi connectivity index (χ4n) is 2.53. The van der Waals surface area contributed by atoms with E-state index in [2.05, 4.69) is 15.3 Å². The van der Waals surface area contributed by atoms with Crippen molar-refractivity contribution >= 4 is 23.5 Å². The molecule has 3 rings (SSSR count). The van der Waals surface area contributed by atoms with Gasteiger partial charge in [0.25, 0.3) is 5.91 Å². The molecule has 0 unspecified atom stereocenters. The van der Waals surface area contributed by atoms with Gasteiger partial charge < -0.3 is 24.8 Å². The van der Waals surface area contributed by atoms with Gasteiger partial charge in [-0.1, -0.05) is 0 Å². The summed E-state index contributed by atoms with van der Waals surface area (Å²) in [4.78, 5) is 44.4. The Hall–Kier alpha value is -3.69. The number of amides is 2. The summed E-state index contributed by atoms with van der Waals surface area (Å²) >= 11 is 0. The van der Waals surface area contributed by atoms with Crippen molar-refractivity contribution in [1.82, 2.24) is 14.9 Å². The molecule has 28 heavy (non-hydrogen) atoms. The number of carboxylic acids is 1. The highest BCUT2D eigenvalue weighted by Gasteiger charge is 2.20. The first kappa shape index (κ1) is 19.1. The molecule has 1 aromatic heterocycles. The lowest BCUT2D eigenvalue weighted by Gasteiger charge is -2.21. The zero-order chi connectivity index (χ0) is 20.1. The van der Waals surface area contributed by atoms with Crippen molar-refractivity contribution < 1.29 is 29.0 Å². The minimum Gasteiger partial charge on any atom is -0.486 e. The topological polar surface area (TPSA) is 131 Å². The van der Waals surface area contributed by atoms with Gasteiger partial charge in [-0.3, -0.25) is 9.59 Å². The molecular formula is C18H18N4O6. The lowest BCUT2D eigenvalue weighted by atomic mass is 10.2. The molecular weight excluding hydrogens is 368 g/mol. The second-order valence-electron chi connectivity index (χ2n) is 5.82. The van der Waals surface area contributed by atoms with Crippen LogP contribution in [0.5, 0.6) is 11.5 Å². The van der Waals surface area contributed by atoms with Crippen LogP contribution in [0.3, 0.4) is 0 Å². The summed E-state index contributed by atoms with van der Waals surface area (Å²) in [6.07, 6.45) is 2.08. The summed E-state index contributed by atoms with van der Waals surface area (Å²) in [5, 5.41) is 11.5. The SMILES string of the molecule is CCN(CC(=O)Nc1ccc2c(c1)OCCO2)C(=O)c1cnc(C(=O)O)cn1. The Morgan fingerprint density at radius 3 is 2.43 bits per heavy atom. The number of aromatic nitrogens is 2. The van der Waals surface area contributed by atoms with Gasteiger partial charge in [0.15, 0.2) is 17.2 Å². The summed E-state index contributed by atoms with van der Waals surface area (Å²) in [6, 6.07) is 5.03. The largest absolute Gasteiger partial charge is 0.486 e. The van der Waals surface area contributed by atoms with Gasteiger partial charge in [0.2, 0.25) is 5.91 Å². The van der Waals surface area contributed by atoms with E-state index >= 15 is 0 Å². The van der Waals surface area contributed by atoms with Gasteiger partial charge in [-0.25, -0.2) is 14.8 Å². The molecule has 0 bridgehead atoms. The number of hydrogen-bond acceptors (Lipinski definition) is 7. The number of carbonyl (C=O) groups excluding carboxylic acids is 2. The number of nitrogens with zero attached hydrogens (tertiary/aromatic N) is 3. The van der Waals surface area contributed by atoms with Gasteiger partial charge in [0.05, 0.1) is 12.4 Å². The Morgan fingerprint density at radius 2 is 1.79 bits per heavy atom. The summed E-state index contributed by atoms with van der Waals surface area (Å²) in [5.74, 6) is -1.01. The first-order chi connectivity index (χ1) is 13.5. The van der Waals surface area contributed by atoms with Gasteiger partial charge in [-0.15, -0.1) is 0 Å². The fraction of sp³-hybridized carbons (Fsp3) is 0.278. The zero-order valence-corrected chi connectivity index (χ0v) is 15.0. The van der Waals surface area contributed by atoms with E-state index in [4.69, 9.17) is 14.6 Å². The van der Waals surface area contributed by atoms with Crippen LogP contribution in [-0.4, -0.2) is 64.1 Å². The van der Waals surface area contributed by atoms with Crippen molar-refractivity contribution in [1.29, 1.82) is 0 Å².